The lowest BCUT2D eigenvalue weighted by atomic mass is 10.00. The number of carbonyl (C=O) groups excluding carboxylic acids is 1. The SMILES string of the molecule is CCC1CCCCN1C(=O)C(C)Sc1n[nH]c(=O)n1CC1CCCO1. The van der Waals surface area contributed by atoms with Gasteiger partial charge in [-0.15, -0.1) is 5.10 Å². The Morgan fingerprint density at radius 3 is 2.96 bits per heavy atom. The zero-order chi connectivity index (χ0) is 17.8. The normalized spacial score (nSPS) is 25.3. The molecular weight excluding hydrogens is 340 g/mol. The number of likely N-dealkylation sites (tertiary alicyclic amines) is 1. The minimum absolute atomic E-state index is 0.0622. The van der Waals surface area contributed by atoms with E-state index in [9.17, 15) is 9.59 Å². The zero-order valence-corrected chi connectivity index (χ0v) is 15.9. The highest BCUT2D eigenvalue weighted by molar-refractivity contribution is 8.00. The molecule has 2 fully saturated rings. The number of amides is 1. The monoisotopic (exact) mass is 368 g/mol. The molecule has 2 saturated heterocycles. The van der Waals surface area contributed by atoms with Crippen LogP contribution in [-0.2, 0) is 16.1 Å². The van der Waals surface area contributed by atoms with E-state index in [0.29, 0.717) is 17.7 Å². The molecule has 140 valence electrons. The molecule has 25 heavy (non-hydrogen) atoms. The minimum Gasteiger partial charge on any atom is -0.376 e. The summed E-state index contributed by atoms with van der Waals surface area (Å²) in [6.07, 6.45) is 6.41. The van der Waals surface area contributed by atoms with Crippen molar-refractivity contribution in [2.24, 2.45) is 0 Å². The second-order valence-corrected chi connectivity index (χ2v) is 8.21. The van der Waals surface area contributed by atoms with Crippen molar-refractivity contribution in [3.63, 3.8) is 0 Å². The molecule has 8 heteroatoms. The fourth-order valence-electron chi connectivity index (χ4n) is 3.70. The predicted molar refractivity (Wildman–Crippen MR) is 96.8 cm³/mol. The van der Waals surface area contributed by atoms with Gasteiger partial charge in [-0.05, 0) is 45.4 Å². The summed E-state index contributed by atoms with van der Waals surface area (Å²) in [7, 11) is 0. The molecule has 3 rings (SSSR count). The number of hydrogen-bond acceptors (Lipinski definition) is 5. The lowest BCUT2D eigenvalue weighted by molar-refractivity contribution is -0.134. The minimum atomic E-state index is -0.259. The number of thioether (sulfide) groups is 1. The Balaban J connectivity index is 1.67. The first-order chi connectivity index (χ1) is 12.1. The first-order valence-corrected chi connectivity index (χ1v) is 10.2. The molecule has 1 N–H and O–H groups in total. The van der Waals surface area contributed by atoms with E-state index in [1.54, 1.807) is 4.57 Å². The van der Waals surface area contributed by atoms with Gasteiger partial charge in [0.05, 0.1) is 17.9 Å². The van der Waals surface area contributed by atoms with E-state index in [4.69, 9.17) is 4.74 Å². The molecule has 1 aromatic rings. The van der Waals surface area contributed by atoms with Gasteiger partial charge in [-0.3, -0.25) is 9.36 Å². The maximum absolute atomic E-state index is 12.9. The van der Waals surface area contributed by atoms with Gasteiger partial charge >= 0.3 is 5.69 Å². The first-order valence-electron chi connectivity index (χ1n) is 9.34. The molecule has 3 heterocycles. The molecule has 0 saturated carbocycles. The standard InChI is InChI=1S/C17H28N4O3S/c1-3-13-7-4-5-9-20(13)15(22)12(2)25-17-19-18-16(23)21(17)11-14-8-6-10-24-14/h12-14H,3-11H2,1-2H3,(H,18,23). The second kappa shape index (κ2) is 8.40. The second-order valence-electron chi connectivity index (χ2n) is 6.91. The van der Waals surface area contributed by atoms with Crippen molar-refractivity contribution in [2.45, 2.75) is 81.5 Å². The van der Waals surface area contributed by atoms with Gasteiger partial charge in [-0.25, -0.2) is 9.89 Å². The number of piperidine rings is 1. The number of carbonyl (C=O) groups is 1. The number of rotatable bonds is 6. The Labute approximate surface area is 152 Å². The third kappa shape index (κ3) is 4.28. The van der Waals surface area contributed by atoms with Crippen LogP contribution in [0.25, 0.3) is 0 Å². The molecule has 1 aromatic heterocycles. The third-order valence-electron chi connectivity index (χ3n) is 5.14. The van der Waals surface area contributed by atoms with Crippen LogP contribution in [0, 0.1) is 0 Å². The highest BCUT2D eigenvalue weighted by Crippen LogP contribution is 2.27. The number of nitrogens with one attached hydrogen (secondary N) is 1. The van der Waals surface area contributed by atoms with Gasteiger partial charge in [0, 0.05) is 19.2 Å². The lowest BCUT2D eigenvalue weighted by Crippen LogP contribution is -2.46. The maximum atomic E-state index is 12.9. The van der Waals surface area contributed by atoms with Gasteiger partial charge in [-0.1, -0.05) is 18.7 Å². The van der Waals surface area contributed by atoms with Crippen LogP contribution >= 0.6 is 11.8 Å². The molecule has 0 radical (unpaired) electrons. The van der Waals surface area contributed by atoms with Crippen LogP contribution in [0.5, 0.6) is 0 Å². The topological polar surface area (TPSA) is 80.2 Å². The molecule has 2 aliphatic heterocycles. The van der Waals surface area contributed by atoms with Gasteiger partial charge in [-0.2, -0.15) is 0 Å². The van der Waals surface area contributed by atoms with E-state index in [-0.39, 0.29) is 23.0 Å². The first kappa shape index (κ1) is 18.5. The summed E-state index contributed by atoms with van der Waals surface area (Å²) in [6.45, 7) is 6.14. The van der Waals surface area contributed by atoms with Gasteiger partial charge in [0.25, 0.3) is 0 Å². The Bertz CT molecular complexity index is 638. The van der Waals surface area contributed by atoms with Crippen LogP contribution in [0.3, 0.4) is 0 Å². The van der Waals surface area contributed by atoms with Crippen molar-refractivity contribution >= 4 is 17.7 Å². The van der Waals surface area contributed by atoms with Crippen molar-refractivity contribution in [1.29, 1.82) is 0 Å². The molecule has 3 unspecified atom stereocenters. The molecule has 0 bridgehead atoms. The van der Waals surface area contributed by atoms with Gasteiger partial charge in [0.2, 0.25) is 5.91 Å². The van der Waals surface area contributed by atoms with E-state index in [1.165, 1.54) is 18.2 Å². The molecule has 7 nitrogen and oxygen atoms in total. The molecule has 0 aromatic carbocycles. The van der Waals surface area contributed by atoms with Crippen LogP contribution in [-0.4, -0.2) is 56.1 Å². The molecule has 1 amide bonds. The summed E-state index contributed by atoms with van der Waals surface area (Å²) in [6, 6.07) is 0.345. The van der Waals surface area contributed by atoms with Crippen molar-refractivity contribution in [1.82, 2.24) is 19.7 Å². The maximum Gasteiger partial charge on any atom is 0.344 e. The summed E-state index contributed by atoms with van der Waals surface area (Å²) < 4.78 is 7.24. The van der Waals surface area contributed by atoms with Crippen LogP contribution in [0.2, 0.25) is 0 Å². The van der Waals surface area contributed by atoms with Crippen molar-refractivity contribution in [3.8, 4) is 0 Å². The largest absolute Gasteiger partial charge is 0.376 e. The van der Waals surface area contributed by atoms with Crippen LogP contribution in [0.4, 0.5) is 0 Å². The highest BCUT2D eigenvalue weighted by Gasteiger charge is 2.30. The molecular formula is C17H28N4O3S. The third-order valence-corrected chi connectivity index (χ3v) is 6.22. The Kier molecular flexibility index (Phi) is 6.22. The van der Waals surface area contributed by atoms with E-state index in [2.05, 4.69) is 17.1 Å². The molecule has 0 aliphatic carbocycles. The number of aromatic amines is 1. The van der Waals surface area contributed by atoms with Crippen LogP contribution < -0.4 is 5.69 Å². The van der Waals surface area contributed by atoms with E-state index in [0.717, 1.165) is 45.3 Å². The smallest absolute Gasteiger partial charge is 0.344 e. The number of H-pyrrole nitrogens is 1. The summed E-state index contributed by atoms with van der Waals surface area (Å²) in [5, 5.41) is 6.95. The summed E-state index contributed by atoms with van der Waals surface area (Å²) in [4.78, 5) is 27.0. The van der Waals surface area contributed by atoms with Crippen molar-refractivity contribution in [2.75, 3.05) is 13.2 Å². The Morgan fingerprint density at radius 1 is 1.40 bits per heavy atom. The fourth-order valence-corrected chi connectivity index (χ4v) is 4.64. The number of ether oxygens (including phenoxy) is 1. The Morgan fingerprint density at radius 2 is 2.24 bits per heavy atom. The lowest BCUT2D eigenvalue weighted by Gasteiger charge is -2.36. The van der Waals surface area contributed by atoms with Crippen LogP contribution in [0.1, 0.15) is 52.4 Å². The van der Waals surface area contributed by atoms with Crippen molar-refractivity contribution < 1.29 is 9.53 Å². The number of hydrogen-bond donors (Lipinski definition) is 1. The van der Waals surface area contributed by atoms with E-state index in [1.807, 2.05) is 11.8 Å². The summed E-state index contributed by atoms with van der Waals surface area (Å²) in [5.74, 6) is 0.149. The Hall–Kier alpha value is -1.28. The van der Waals surface area contributed by atoms with Gasteiger partial charge in [0.15, 0.2) is 5.16 Å². The molecule has 3 atom stereocenters. The quantitative estimate of drug-likeness (QED) is 0.777. The fraction of sp³-hybridized carbons (Fsp3) is 0.824. The number of aromatic nitrogens is 3. The van der Waals surface area contributed by atoms with E-state index < -0.39 is 0 Å². The van der Waals surface area contributed by atoms with Crippen molar-refractivity contribution in [3.05, 3.63) is 10.5 Å². The summed E-state index contributed by atoms with van der Waals surface area (Å²) in [5.41, 5.74) is -0.234. The van der Waals surface area contributed by atoms with Gasteiger partial charge < -0.3 is 9.64 Å². The average Bonchev–Trinajstić information content (AvgIpc) is 3.26. The summed E-state index contributed by atoms with van der Waals surface area (Å²) >= 11 is 1.36. The van der Waals surface area contributed by atoms with Gasteiger partial charge in [0.1, 0.15) is 0 Å². The molecule has 0 spiro atoms. The van der Waals surface area contributed by atoms with E-state index >= 15 is 0 Å². The number of nitrogens with zero attached hydrogens (tertiary/aromatic N) is 3. The van der Waals surface area contributed by atoms with Crippen LogP contribution in [0.15, 0.2) is 9.95 Å². The highest BCUT2D eigenvalue weighted by atomic mass is 32.2. The zero-order valence-electron chi connectivity index (χ0n) is 15.1. The molecule has 2 aliphatic rings. The average molecular weight is 369 g/mol. The predicted octanol–water partition coefficient (Wildman–Crippen LogP) is 2.02.